The highest BCUT2D eigenvalue weighted by atomic mass is 32.1. The minimum atomic E-state index is 0.235. The van der Waals surface area contributed by atoms with Crippen LogP contribution in [0.4, 0.5) is 0 Å². The lowest BCUT2D eigenvalue weighted by atomic mass is 10.2. The maximum absolute atomic E-state index is 11.9. The van der Waals surface area contributed by atoms with E-state index in [1.54, 1.807) is 11.3 Å². The zero-order valence-electron chi connectivity index (χ0n) is 10.4. The van der Waals surface area contributed by atoms with E-state index in [0.717, 1.165) is 30.2 Å². The van der Waals surface area contributed by atoms with Crippen LogP contribution >= 0.6 is 11.3 Å². The van der Waals surface area contributed by atoms with Crippen molar-refractivity contribution in [1.82, 2.24) is 9.88 Å². The van der Waals surface area contributed by atoms with Gasteiger partial charge in [-0.1, -0.05) is 0 Å². The predicted octanol–water partition coefficient (Wildman–Crippen LogP) is 1.55. The Morgan fingerprint density at radius 3 is 2.71 bits per heavy atom. The predicted molar refractivity (Wildman–Crippen MR) is 67.3 cm³/mol. The molecule has 94 valence electrons. The van der Waals surface area contributed by atoms with Crippen molar-refractivity contribution in [2.24, 2.45) is 0 Å². The van der Waals surface area contributed by atoms with Crippen LogP contribution in [0.15, 0.2) is 0 Å². The first kappa shape index (κ1) is 12.5. The van der Waals surface area contributed by atoms with Gasteiger partial charge in [0.2, 0.25) is 5.91 Å². The molecule has 1 aliphatic rings. The molecule has 1 aromatic rings. The van der Waals surface area contributed by atoms with Crippen molar-refractivity contribution in [3.63, 3.8) is 0 Å². The van der Waals surface area contributed by atoms with Crippen molar-refractivity contribution in [2.75, 3.05) is 26.3 Å². The minimum Gasteiger partial charge on any atom is -0.378 e. The number of amides is 1. The Bertz CT molecular complexity index is 397. The molecule has 5 heteroatoms. The molecular formula is C12H18N2O2S. The van der Waals surface area contributed by atoms with E-state index in [9.17, 15) is 4.79 Å². The summed E-state index contributed by atoms with van der Waals surface area (Å²) in [6.07, 6.45) is 1.40. The molecular weight excluding hydrogens is 236 g/mol. The van der Waals surface area contributed by atoms with Gasteiger partial charge in [0.05, 0.1) is 23.9 Å². The number of rotatable bonds is 3. The van der Waals surface area contributed by atoms with Gasteiger partial charge in [-0.05, 0) is 20.3 Å². The lowest BCUT2D eigenvalue weighted by molar-refractivity contribution is -0.135. The fourth-order valence-electron chi connectivity index (χ4n) is 2.00. The molecule has 1 aliphatic heterocycles. The van der Waals surface area contributed by atoms with Crippen molar-refractivity contribution in [3.8, 4) is 0 Å². The van der Waals surface area contributed by atoms with Gasteiger partial charge in [0, 0.05) is 24.4 Å². The smallest absolute Gasteiger partial charge is 0.223 e. The highest BCUT2D eigenvalue weighted by Crippen LogP contribution is 2.19. The molecule has 17 heavy (non-hydrogen) atoms. The van der Waals surface area contributed by atoms with Gasteiger partial charge in [0.15, 0.2) is 0 Å². The number of morpholine rings is 1. The minimum absolute atomic E-state index is 0.235. The molecule has 2 rings (SSSR count). The molecule has 0 aliphatic carbocycles. The SMILES string of the molecule is Cc1nc(C)c(CCC(=O)N2CCOCC2)s1. The number of hydrogen-bond donors (Lipinski definition) is 0. The van der Waals surface area contributed by atoms with Crippen LogP contribution in [0.25, 0.3) is 0 Å². The van der Waals surface area contributed by atoms with Gasteiger partial charge in [-0.2, -0.15) is 0 Å². The van der Waals surface area contributed by atoms with Crippen LogP contribution in [0.2, 0.25) is 0 Å². The van der Waals surface area contributed by atoms with Gasteiger partial charge in [0.1, 0.15) is 0 Å². The molecule has 0 bridgehead atoms. The monoisotopic (exact) mass is 254 g/mol. The van der Waals surface area contributed by atoms with Crippen LogP contribution in [0, 0.1) is 13.8 Å². The van der Waals surface area contributed by atoms with E-state index >= 15 is 0 Å². The number of hydrogen-bond acceptors (Lipinski definition) is 4. The lowest BCUT2D eigenvalue weighted by Crippen LogP contribution is -2.40. The molecule has 1 saturated heterocycles. The van der Waals surface area contributed by atoms with E-state index < -0.39 is 0 Å². The van der Waals surface area contributed by atoms with Crippen molar-refractivity contribution in [3.05, 3.63) is 15.6 Å². The van der Waals surface area contributed by atoms with Crippen LogP contribution in [0.1, 0.15) is 22.0 Å². The number of nitrogens with zero attached hydrogens (tertiary/aromatic N) is 2. The Morgan fingerprint density at radius 1 is 1.41 bits per heavy atom. The summed E-state index contributed by atoms with van der Waals surface area (Å²) < 4.78 is 5.23. The molecule has 0 unspecified atom stereocenters. The molecule has 0 aromatic carbocycles. The molecule has 2 heterocycles. The van der Waals surface area contributed by atoms with Crippen molar-refractivity contribution in [1.29, 1.82) is 0 Å². The molecule has 0 radical (unpaired) electrons. The standard InChI is InChI=1S/C12H18N2O2S/c1-9-11(17-10(2)13-9)3-4-12(15)14-5-7-16-8-6-14/h3-8H2,1-2H3. The summed E-state index contributed by atoms with van der Waals surface area (Å²) in [6.45, 7) is 6.83. The second kappa shape index (κ2) is 5.60. The van der Waals surface area contributed by atoms with E-state index in [4.69, 9.17) is 4.74 Å². The van der Waals surface area contributed by atoms with Crippen molar-refractivity contribution < 1.29 is 9.53 Å². The van der Waals surface area contributed by atoms with Crippen molar-refractivity contribution in [2.45, 2.75) is 26.7 Å². The first-order valence-corrected chi connectivity index (χ1v) is 6.77. The topological polar surface area (TPSA) is 42.4 Å². The number of carbonyl (C=O) groups is 1. The largest absolute Gasteiger partial charge is 0.378 e. The van der Waals surface area contributed by atoms with Gasteiger partial charge >= 0.3 is 0 Å². The van der Waals surface area contributed by atoms with E-state index in [0.29, 0.717) is 19.6 Å². The van der Waals surface area contributed by atoms with Crippen LogP contribution in [0.3, 0.4) is 0 Å². The Labute approximate surface area is 106 Å². The summed E-state index contributed by atoms with van der Waals surface area (Å²) in [4.78, 5) is 19.5. The zero-order chi connectivity index (χ0) is 12.3. The molecule has 0 saturated carbocycles. The number of thiazole rings is 1. The molecule has 0 spiro atoms. The number of aromatic nitrogens is 1. The van der Waals surface area contributed by atoms with Gasteiger partial charge in [-0.15, -0.1) is 11.3 Å². The number of carbonyl (C=O) groups excluding carboxylic acids is 1. The van der Waals surface area contributed by atoms with E-state index in [-0.39, 0.29) is 5.91 Å². The molecule has 1 fully saturated rings. The first-order valence-electron chi connectivity index (χ1n) is 5.95. The Balaban J connectivity index is 1.85. The fraction of sp³-hybridized carbons (Fsp3) is 0.667. The van der Waals surface area contributed by atoms with Crippen LogP contribution in [0.5, 0.6) is 0 Å². The summed E-state index contributed by atoms with van der Waals surface area (Å²) >= 11 is 1.70. The second-order valence-electron chi connectivity index (χ2n) is 4.23. The van der Waals surface area contributed by atoms with E-state index in [2.05, 4.69) is 4.98 Å². The third-order valence-corrected chi connectivity index (χ3v) is 4.06. The summed E-state index contributed by atoms with van der Waals surface area (Å²) in [5, 5.41) is 1.08. The summed E-state index contributed by atoms with van der Waals surface area (Å²) in [5.74, 6) is 0.235. The summed E-state index contributed by atoms with van der Waals surface area (Å²) in [6, 6.07) is 0. The number of ether oxygens (including phenoxy) is 1. The zero-order valence-corrected chi connectivity index (χ0v) is 11.2. The molecule has 0 N–H and O–H groups in total. The van der Waals surface area contributed by atoms with Gasteiger partial charge in [0.25, 0.3) is 0 Å². The Kier molecular flexibility index (Phi) is 4.12. The summed E-state index contributed by atoms with van der Waals surface area (Å²) in [5.41, 5.74) is 1.07. The third-order valence-electron chi connectivity index (χ3n) is 2.93. The number of aryl methyl sites for hydroxylation is 3. The second-order valence-corrected chi connectivity index (χ2v) is 5.52. The quantitative estimate of drug-likeness (QED) is 0.822. The first-order chi connectivity index (χ1) is 8.16. The maximum Gasteiger partial charge on any atom is 0.223 e. The van der Waals surface area contributed by atoms with Crippen LogP contribution in [-0.4, -0.2) is 42.1 Å². The van der Waals surface area contributed by atoms with Crippen LogP contribution in [-0.2, 0) is 16.0 Å². The molecule has 4 nitrogen and oxygen atoms in total. The highest BCUT2D eigenvalue weighted by molar-refractivity contribution is 7.11. The Morgan fingerprint density at radius 2 is 2.12 bits per heavy atom. The normalized spacial score (nSPS) is 16.2. The molecule has 1 amide bonds. The fourth-order valence-corrected chi connectivity index (χ4v) is 2.93. The van der Waals surface area contributed by atoms with E-state index in [1.165, 1.54) is 4.88 Å². The lowest BCUT2D eigenvalue weighted by Gasteiger charge is -2.26. The van der Waals surface area contributed by atoms with Crippen molar-refractivity contribution >= 4 is 17.2 Å². The summed E-state index contributed by atoms with van der Waals surface area (Å²) in [7, 11) is 0. The van der Waals surface area contributed by atoms with Gasteiger partial charge in [-0.25, -0.2) is 4.98 Å². The maximum atomic E-state index is 11.9. The Hall–Kier alpha value is -0.940. The molecule has 1 aromatic heterocycles. The third kappa shape index (κ3) is 3.26. The van der Waals surface area contributed by atoms with Gasteiger partial charge < -0.3 is 9.64 Å². The highest BCUT2D eigenvalue weighted by Gasteiger charge is 2.17. The van der Waals surface area contributed by atoms with Crippen LogP contribution < -0.4 is 0 Å². The molecule has 0 atom stereocenters. The average Bonchev–Trinajstić information content (AvgIpc) is 2.66. The van der Waals surface area contributed by atoms with E-state index in [1.807, 2.05) is 18.7 Å². The average molecular weight is 254 g/mol. The van der Waals surface area contributed by atoms with Gasteiger partial charge in [-0.3, -0.25) is 4.79 Å².